The molecule has 2 saturated heterocycles. The summed E-state index contributed by atoms with van der Waals surface area (Å²) < 4.78 is 18.8. The number of hydrogen-bond donors (Lipinski definition) is 0. The molecular formula is C18H23FN2O3. The molecule has 6 heteroatoms. The van der Waals surface area contributed by atoms with Crippen molar-refractivity contribution in [2.75, 3.05) is 32.8 Å². The summed E-state index contributed by atoms with van der Waals surface area (Å²) in [6.07, 6.45) is 1.46. The van der Waals surface area contributed by atoms with E-state index in [1.54, 1.807) is 24.0 Å². The van der Waals surface area contributed by atoms with Gasteiger partial charge in [-0.25, -0.2) is 4.39 Å². The molecule has 2 atom stereocenters. The van der Waals surface area contributed by atoms with Crippen LogP contribution in [0.3, 0.4) is 0 Å². The van der Waals surface area contributed by atoms with E-state index in [2.05, 4.69) is 0 Å². The van der Waals surface area contributed by atoms with Crippen molar-refractivity contribution < 1.29 is 18.7 Å². The smallest absolute Gasteiger partial charge is 0.227 e. The molecule has 0 aliphatic carbocycles. The summed E-state index contributed by atoms with van der Waals surface area (Å²) in [7, 11) is 0. The number of morpholine rings is 1. The quantitative estimate of drug-likeness (QED) is 0.831. The van der Waals surface area contributed by atoms with Crippen LogP contribution in [0.15, 0.2) is 24.3 Å². The molecule has 130 valence electrons. The largest absolute Gasteiger partial charge is 0.370 e. The summed E-state index contributed by atoms with van der Waals surface area (Å²) in [6, 6.07) is 6.22. The molecular weight excluding hydrogens is 311 g/mol. The fourth-order valence-corrected chi connectivity index (χ4v) is 3.45. The van der Waals surface area contributed by atoms with Crippen LogP contribution in [0.4, 0.5) is 4.39 Å². The number of ether oxygens (including phenoxy) is 1. The first-order chi connectivity index (χ1) is 11.5. The van der Waals surface area contributed by atoms with Crippen LogP contribution < -0.4 is 0 Å². The number of carbonyl (C=O) groups excluding carboxylic acids is 2. The van der Waals surface area contributed by atoms with Crippen molar-refractivity contribution in [1.82, 2.24) is 9.80 Å². The van der Waals surface area contributed by atoms with E-state index in [1.807, 2.05) is 4.90 Å². The van der Waals surface area contributed by atoms with Crippen LogP contribution in [-0.4, -0.2) is 54.4 Å². The first-order valence-electron chi connectivity index (χ1n) is 8.46. The van der Waals surface area contributed by atoms with Crippen molar-refractivity contribution in [2.45, 2.75) is 25.9 Å². The van der Waals surface area contributed by atoms with Crippen LogP contribution in [0.2, 0.25) is 0 Å². The zero-order chi connectivity index (χ0) is 17.1. The van der Waals surface area contributed by atoms with E-state index in [4.69, 9.17) is 4.74 Å². The number of amides is 2. The molecule has 2 aliphatic rings. The molecule has 5 nitrogen and oxygen atoms in total. The Morgan fingerprint density at radius 3 is 2.58 bits per heavy atom. The predicted octanol–water partition coefficient (Wildman–Crippen LogP) is 1.98. The fraction of sp³-hybridized carbons (Fsp3) is 0.556. The topological polar surface area (TPSA) is 49.9 Å². The minimum Gasteiger partial charge on any atom is -0.370 e. The maximum absolute atomic E-state index is 13.1. The summed E-state index contributed by atoms with van der Waals surface area (Å²) in [5, 5.41) is 0. The van der Waals surface area contributed by atoms with Crippen LogP contribution in [0.1, 0.15) is 31.4 Å². The van der Waals surface area contributed by atoms with Crippen LogP contribution in [0.25, 0.3) is 0 Å². The molecule has 1 aromatic rings. The molecule has 2 unspecified atom stereocenters. The number of piperidine rings is 1. The van der Waals surface area contributed by atoms with Gasteiger partial charge in [-0.2, -0.15) is 0 Å². The lowest BCUT2D eigenvalue weighted by molar-refractivity contribution is -0.146. The summed E-state index contributed by atoms with van der Waals surface area (Å²) in [5.41, 5.74) is 0.878. The van der Waals surface area contributed by atoms with E-state index in [0.29, 0.717) is 26.2 Å². The molecule has 0 radical (unpaired) electrons. The normalized spacial score (nSPS) is 24.8. The van der Waals surface area contributed by atoms with Gasteiger partial charge in [0.05, 0.1) is 19.1 Å². The van der Waals surface area contributed by atoms with Gasteiger partial charge in [-0.3, -0.25) is 9.59 Å². The van der Waals surface area contributed by atoms with E-state index in [9.17, 15) is 14.0 Å². The molecule has 2 heterocycles. The molecule has 1 aromatic carbocycles. The highest BCUT2D eigenvalue weighted by Gasteiger charge is 2.33. The standard InChI is InChI=1S/C18H23FN2O3/c1-13(22)20-8-2-3-15(11-20)18(23)21-9-10-24-17(12-21)14-4-6-16(19)7-5-14/h4-7,15,17H,2-3,8-12H2,1H3. The Morgan fingerprint density at radius 1 is 1.12 bits per heavy atom. The third kappa shape index (κ3) is 3.75. The summed E-state index contributed by atoms with van der Waals surface area (Å²) >= 11 is 0. The van der Waals surface area contributed by atoms with Gasteiger partial charge in [-0.05, 0) is 30.5 Å². The van der Waals surface area contributed by atoms with Crippen LogP contribution in [0, 0.1) is 11.7 Å². The van der Waals surface area contributed by atoms with Crippen LogP contribution in [-0.2, 0) is 14.3 Å². The molecule has 0 saturated carbocycles. The van der Waals surface area contributed by atoms with Crippen molar-refractivity contribution >= 4 is 11.8 Å². The van der Waals surface area contributed by atoms with Crippen molar-refractivity contribution in [1.29, 1.82) is 0 Å². The van der Waals surface area contributed by atoms with Gasteiger partial charge in [0.25, 0.3) is 0 Å². The Kier molecular flexibility index (Phi) is 5.14. The average molecular weight is 334 g/mol. The number of carbonyl (C=O) groups is 2. The van der Waals surface area contributed by atoms with E-state index >= 15 is 0 Å². The van der Waals surface area contributed by atoms with Gasteiger partial charge < -0.3 is 14.5 Å². The van der Waals surface area contributed by atoms with Crippen molar-refractivity contribution in [3.8, 4) is 0 Å². The van der Waals surface area contributed by atoms with Gasteiger partial charge in [0.15, 0.2) is 0 Å². The Labute approximate surface area is 141 Å². The Morgan fingerprint density at radius 2 is 1.88 bits per heavy atom. The second-order valence-corrected chi connectivity index (χ2v) is 6.50. The summed E-state index contributed by atoms with van der Waals surface area (Å²) in [4.78, 5) is 28.0. The highest BCUT2D eigenvalue weighted by atomic mass is 19.1. The highest BCUT2D eigenvalue weighted by Crippen LogP contribution is 2.25. The molecule has 3 rings (SSSR count). The molecule has 0 N–H and O–H groups in total. The number of hydrogen-bond acceptors (Lipinski definition) is 3. The van der Waals surface area contributed by atoms with Gasteiger partial charge in [0, 0.05) is 26.6 Å². The molecule has 2 amide bonds. The first-order valence-corrected chi connectivity index (χ1v) is 8.46. The van der Waals surface area contributed by atoms with E-state index in [1.165, 1.54) is 12.1 Å². The monoisotopic (exact) mass is 334 g/mol. The SMILES string of the molecule is CC(=O)N1CCCC(C(=O)N2CCOC(c3ccc(F)cc3)C2)C1. The minimum atomic E-state index is -0.283. The highest BCUT2D eigenvalue weighted by molar-refractivity contribution is 5.81. The summed E-state index contributed by atoms with van der Waals surface area (Å²) in [6.45, 7) is 4.30. The van der Waals surface area contributed by atoms with Crippen molar-refractivity contribution in [2.24, 2.45) is 5.92 Å². The lowest BCUT2D eigenvalue weighted by atomic mass is 9.95. The second-order valence-electron chi connectivity index (χ2n) is 6.50. The number of benzene rings is 1. The van der Waals surface area contributed by atoms with Crippen LogP contribution >= 0.6 is 0 Å². The molecule has 2 fully saturated rings. The lowest BCUT2D eigenvalue weighted by Crippen LogP contribution is -2.49. The molecule has 0 spiro atoms. The third-order valence-corrected chi connectivity index (χ3v) is 4.84. The van der Waals surface area contributed by atoms with Gasteiger partial charge in [-0.1, -0.05) is 12.1 Å². The molecule has 24 heavy (non-hydrogen) atoms. The number of likely N-dealkylation sites (tertiary alicyclic amines) is 1. The maximum atomic E-state index is 13.1. The van der Waals surface area contributed by atoms with E-state index < -0.39 is 0 Å². The first kappa shape index (κ1) is 16.9. The van der Waals surface area contributed by atoms with Gasteiger partial charge in [-0.15, -0.1) is 0 Å². The van der Waals surface area contributed by atoms with E-state index in [0.717, 1.165) is 24.9 Å². The van der Waals surface area contributed by atoms with Crippen molar-refractivity contribution in [3.05, 3.63) is 35.6 Å². The predicted molar refractivity (Wildman–Crippen MR) is 86.7 cm³/mol. The zero-order valence-corrected chi connectivity index (χ0v) is 13.9. The fourth-order valence-electron chi connectivity index (χ4n) is 3.45. The second kappa shape index (κ2) is 7.30. The number of nitrogens with zero attached hydrogens (tertiary/aromatic N) is 2. The van der Waals surface area contributed by atoms with E-state index in [-0.39, 0.29) is 29.7 Å². The van der Waals surface area contributed by atoms with Gasteiger partial charge >= 0.3 is 0 Å². The van der Waals surface area contributed by atoms with Gasteiger partial charge in [0.2, 0.25) is 11.8 Å². The van der Waals surface area contributed by atoms with Gasteiger partial charge in [0.1, 0.15) is 11.9 Å². The minimum absolute atomic E-state index is 0.0265. The Balaban J connectivity index is 1.64. The average Bonchev–Trinajstić information content (AvgIpc) is 2.62. The Hall–Kier alpha value is -1.95. The number of rotatable bonds is 2. The lowest BCUT2D eigenvalue weighted by Gasteiger charge is -2.38. The molecule has 2 aliphatic heterocycles. The van der Waals surface area contributed by atoms with Crippen LogP contribution in [0.5, 0.6) is 0 Å². The van der Waals surface area contributed by atoms with Crippen molar-refractivity contribution in [3.63, 3.8) is 0 Å². The molecule has 0 aromatic heterocycles. The third-order valence-electron chi connectivity index (χ3n) is 4.84. The molecule has 0 bridgehead atoms. The number of halogens is 1. The summed E-state index contributed by atoms with van der Waals surface area (Å²) in [5.74, 6) is -0.293. The zero-order valence-electron chi connectivity index (χ0n) is 13.9. The maximum Gasteiger partial charge on any atom is 0.227 e. The Bertz CT molecular complexity index is 605.